The Morgan fingerprint density at radius 3 is 2.25 bits per heavy atom. The number of urea groups is 1. The van der Waals surface area contributed by atoms with E-state index in [0.717, 1.165) is 0 Å². The van der Waals surface area contributed by atoms with Crippen LogP contribution in [0.15, 0.2) is 0 Å². The Morgan fingerprint density at radius 1 is 1.38 bits per heavy atom. The summed E-state index contributed by atoms with van der Waals surface area (Å²) in [6.45, 7) is 10.9. The zero-order valence-electron chi connectivity index (χ0n) is 11.6. The summed E-state index contributed by atoms with van der Waals surface area (Å²) >= 11 is 0. The van der Waals surface area contributed by atoms with Gasteiger partial charge in [-0.3, -0.25) is 0 Å². The predicted molar refractivity (Wildman–Crippen MR) is 66.5 cm³/mol. The van der Waals surface area contributed by atoms with E-state index < -0.39 is 0 Å². The summed E-state index contributed by atoms with van der Waals surface area (Å²) in [5.41, 5.74) is 0.0799. The van der Waals surface area contributed by atoms with Crippen molar-refractivity contribution < 1.29 is 9.53 Å². The van der Waals surface area contributed by atoms with E-state index in [-0.39, 0.29) is 23.5 Å². The summed E-state index contributed by atoms with van der Waals surface area (Å²) in [5.74, 6) is 0. The highest BCUT2D eigenvalue weighted by molar-refractivity contribution is 5.74. The lowest BCUT2D eigenvalue weighted by molar-refractivity contribution is 0.133. The number of ether oxygens (including phenoxy) is 1. The molecule has 96 valence electrons. The Morgan fingerprint density at radius 2 is 1.88 bits per heavy atom. The van der Waals surface area contributed by atoms with E-state index in [0.29, 0.717) is 6.61 Å². The van der Waals surface area contributed by atoms with Gasteiger partial charge in [0, 0.05) is 20.2 Å². The molecule has 0 aliphatic heterocycles. The molecule has 0 radical (unpaired) electrons. The number of hydrogen-bond donors (Lipinski definition) is 1. The van der Waals surface area contributed by atoms with Gasteiger partial charge in [-0.2, -0.15) is 0 Å². The maximum Gasteiger partial charge on any atom is 0.317 e. The second-order valence-corrected chi connectivity index (χ2v) is 5.46. The third kappa shape index (κ3) is 4.84. The summed E-state index contributed by atoms with van der Waals surface area (Å²) in [6.07, 6.45) is 0. The summed E-state index contributed by atoms with van der Waals surface area (Å²) in [5, 5.41) is 2.90. The molecule has 16 heavy (non-hydrogen) atoms. The van der Waals surface area contributed by atoms with E-state index in [1.54, 1.807) is 12.0 Å². The highest BCUT2D eigenvalue weighted by Gasteiger charge is 2.27. The monoisotopic (exact) mass is 230 g/mol. The molecule has 0 unspecified atom stereocenters. The van der Waals surface area contributed by atoms with Gasteiger partial charge in [-0.15, -0.1) is 0 Å². The first-order valence-corrected chi connectivity index (χ1v) is 5.72. The maximum atomic E-state index is 11.9. The van der Waals surface area contributed by atoms with Crippen molar-refractivity contribution >= 4 is 6.03 Å². The number of nitrogens with zero attached hydrogens (tertiary/aromatic N) is 1. The molecule has 0 saturated carbocycles. The second kappa shape index (κ2) is 6.09. The smallest absolute Gasteiger partial charge is 0.317 e. The molecular weight excluding hydrogens is 204 g/mol. The molecule has 0 heterocycles. The molecule has 0 aromatic rings. The molecule has 4 nitrogen and oxygen atoms in total. The van der Waals surface area contributed by atoms with E-state index in [1.807, 2.05) is 14.0 Å². The lowest BCUT2D eigenvalue weighted by atomic mass is 9.87. The molecule has 2 atom stereocenters. The first kappa shape index (κ1) is 15.2. The van der Waals surface area contributed by atoms with Crippen LogP contribution in [0, 0.1) is 5.41 Å². The minimum absolute atomic E-state index is 0.0344. The van der Waals surface area contributed by atoms with Crippen molar-refractivity contribution in [2.24, 2.45) is 5.41 Å². The van der Waals surface area contributed by atoms with Gasteiger partial charge < -0.3 is 15.0 Å². The highest BCUT2D eigenvalue weighted by Crippen LogP contribution is 2.22. The average molecular weight is 230 g/mol. The van der Waals surface area contributed by atoms with Crippen molar-refractivity contribution in [3.8, 4) is 0 Å². The number of nitrogens with one attached hydrogen (secondary N) is 1. The van der Waals surface area contributed by atoms with Gasteiger partial charge in [-0.05, 0) is 19.3 Å². The lowest BCUT2D eigenvalue weighted by Gasteiger charge is -2.35. The third-order valence-corrected chi connectivity index (χ3v) is 2.94. The molecule has 0 spiro atoms. The Balaban J connectivity index is 4.28. The lowest BCUT2D eigenvalue weighted by Crippen LogP contribution is -2.50. The molecule has 0 fully saturated rings. The Kier molecular flexibility index (Phi) is 5.79. The Hall–Kier alpha value is -0.770. The van der Waals surface area contributed by atoms with Crippen molar-refractivity contribution in [1.82, 2.24) is 10.2 Å². The number of carbonyl (C=O) groups excluding carboxylic acids is 1. The van der Waals surface area contributed by atoms with Crippen LogP contribution in [0.3, 0.4) is 0 Å². The fourth-order valence-corrected chi connectivity index (χ4v) is 1.36. The average Bonchev–Trinajstić information content (AvgIpc) is 2.14. The van der Waals surface area contributed by atoms with E-state index in [9.17, 15) is 4.79 Å². The summed E-state index contributed by atoms with van der Waals surface area (Å²) < 4.78 is 4.98. The number of hydrogen-bond acceptors (Lipinski definition) is 2. The SMILES string of the molecule is COC[C@@H](C)NC(=O)N(C)[C@@H](C)C(C)(C)C. The zero-order valence-corrected chi connectivity index (χ0v) is 11.6. The number of carbonyl (C=O) groups is 1. The molecule has 0 aliphatic carbocycles. The molecular formula is C12H26N2O2. The first-order chi connectivity index (χ1) is 7.20. The standard InChI is InChI=1S/C12H26N2O2/c1-9(8-16-7)13-11(15)14(6)10(2)12(3,4)5/h9-10H,8H2,1-7H3,(H,13,15)/t9-,10+/m1/s1. The minimum Gasteiger partial charge on any atom is -0.383 e. The van der Waals surface area contributed by atoms with Crippen LogP contribution in [0.5, 0.6) is 0 Å². The van der Waals surface area contributed by atoms with Crippen molar-refractivity contribution in [2.75, 3.05) is 20.8 Å². The number of amides is 2. The van der Waals surface area contributed by atoms with Crippen LogP contribution in [-0.4, -0.2) is 43.8 Å². The molecule has 0 aromatic heterocycles. The summed E-state index contributed by atoms with van der Waals surface area (Å²) in [4.78, 5) is 13.6. The van der Waals surface area contributed by atoms with Crippen LogP contribution in [0.25, 0.3) is 0 Å². The molecule has 1 N–H and O–H groups in total. The molecule has 0 bridgehead atoms. The molecule has 0 saturated heterocycles. The van der Waals surface area contributed by atoms with Crippen LogP contribution in [0.4, 0.5) is 4.79 Å². The second-order valence-electron chi connectivity index (χ2n) is 5.46. The third-order valence-electron chi connectivity index (χ3n) is 2.94. The van der Waals surface area contributed by atoms with E-state index in [2.05, 4.69) is 33.0 Å². The molecule has 0 aliphatic rings. The molecule has 2 amide bonds. The molecule has 0 aromatic carbocycles. The van der Waals surface area contributed by atoms with Crippen molar-refractivity contribution in [1.29, 1.82) is 0 Å². The van der Waals surface area contributed by atoms with Crippen LogP contribution >= 0.6 is 0 Å². The Bertz CT molecular complexity index is 224. The van der Waals surface area contributed by atoms with E-state index in [4.69, 9.17) is 4.74 Å². The van der Waals surface area contributed by atoms with Gasteiger partial charge in [0.1, 0.15) is 0 Å². The van der Waals surface area contributed by atoms with Gasteiger partial charge >= 0.3 is 6.03 Å². The number of methoxy groups -OCH3 is 1. The van der Waals surface area contributed by atoms with Gasteiger partial charge in [0.25, 0.3) is 0 Å². The predicted octanol–water partition coefficient (Wildman–Crippen LogP) is 2.10. The van der Waals surface area contributed by atoms with E-state index >= 15 is 0 Å². The van der Waals surface area contributed by atoms with Crippen LogP contribution in [0.2, 0.25) is 0 Å². The topological polar surface area (TPSA) is 41.6 Å². The fraction of sp³-hybridized carbons (Fsp3) is 0.917. The number of rotatable bonds is 4. The zero-order chi connectivity index (χ0) is 12.9. The van der Waals surface area contributed by atoms with Gasteiger partial charge in [-0.25, -0.2) is 4.79 Å². The van der Waals surface area contributed by atoms with Gasteiger partial charge in [-0.1, -0.05) is 20.8 Å². The van der Waals surface area contributed by atoms with E-state index in [1.165, 1.54) is 0 Å². The normalized spacial score (nSPS) is 15.4. The van der Waals surface area contributed by atoms with Crippen LogP contribution in [0.1, 0.15) is 34.6 Å². The largest absolute Gasteiger partial charge is 0.383 e. The summed E-state index contributed by atoms with van der Waals surface area (Å²) in [6, 6.07) is 0.168. The molecule has 0 rings (SSSR count). The quantitative estimate of drug-likeness (QED) is 0.803. The fourth-order valence-electron chi connectivity index (χ4n) is 1.36. The highest BCUT2D eigenvalue weighted by atomic mass is 16.5. The van der Waals surface area contributed by atoms with Gasteiger partial charge in [0.15, 0.2) is 0 Å². The van der Waals surface area contributed by atoms with Crippen molar-refractivity contribution in [3.63, 3.8) is 0 Å². The first-order valence-electron chi connectivity index (χ1n) is 5.72. The minimum atomic E-state index is -0.0491. The summed E-state index contributed by atoms with van der Waals surface area (Å²) in [7, 11) is 3.45. The van der Waals surface area contributed by atoms with Crippen LogP contribution in [-0.2, 0) is 4.74 Å². The van der Waals surface area contributed by atoms with Gasteiger partial charge in [0.2, 0.25) is 0 Å². The van der Waals surface area contributed by atoms with Crippen LogP contribution < -0.4 is 5.32 Å². The molecule has 4 heteroatoms. The van der Waals surface area contributed by atoms with Gasteiger partial charge in [0.05, 0.1) is 12.6 Å². The maximum absolute atomic E-state index is 11.9. The Labute approximate surface area is 99.3 Å². The van der Waals surface area contributed by atoms with Crippen molar-refractivity contribution in [2.45, 2.75) is 46.7 Å². The van der Waals surface area contributed by atoms with Crippen molar-refractivity contribution in [3.05, 3.63) is 0 Å².